The number of piperidine rings is 1. The van der Waals surface area contributed by atoms with Crippen molar-refractivity contribution < 1.29 is 4.74 Å². The molecule has 2 aliphatic rings. The Morgan fingerprint density at radius 1 is 1.50 bits per heavy atom. The summed E-state index contributed by atoms with van der Waals surface area (Å²) in [5, 5.41) is 3.42. The fourth-order valence-corrected chi connectivity index (χ4v) is 3.10. The molecule has 0 saturated carbocycles. The van der Waals surface area contributed by atoms with Gasteiger partial charge in [-0.15, -0.1) is 0 Å². The van der Waals surface area contributed by atoms with Crippen molar-refractivity contribution in [2.75, 3.05) is 31.6 Å². The Hall–Kier alpha value is -1.56. The Balaban J connectivity index is 1.98. The number of hydrogen-bond acceptors (Lipinski definition) is 5. The Kier molecular flexibility index (Phi) is 2.95. The van der Waals surface area contributed by atoms with Crippen LogP contribution in [0.2, 0.25) is 0 Å². The van der Waals surface area contributed by atoms with Crippen LogP contribution < -0.4 is 20.5 Å². The number of aromatic amines is 1. The first-order valence-electron chi connectivity index (χ1n) is 6.40. The minimum Gasteiger partial charge on any atom is -0.489 e. The second-order valence-electron chi connectivity index (χ2n) is 4.91. The first-order valence-corrected chi connectivity index (χ1v) is 6.40. The Labute approximate surface area is 105 Å². The molecule has 1 aromatic rings. The van der Waals surface area contributed by atoms with Crippen molar-refractivity contribution in [3.05, 3.63) is 16.7 Å². The van der Waals surface area contributed by atoms with Gasteiger partial charge in [0.25, 0.3) is 5.56 Å². The summed E-state index contributed by atoms with van der Waals surface area (Å²) in [5.74, 6) is 1.66. The number of H-pyrrole nitrogens is 1. The summed E-state index contributed by atoms with van der Waals surface area (Å²) >= 11 is 0. The highest BCUT2D eigenvalue weighted by Gasteiger charge is 2.37. The van der Waals surface area contributed by atoms with Crippen LogP contribution in [-0.4, -0.2) is 42.8 Å². The third-order valence-corrected chi connectivity index (χ3v) is 3.95. The van der Waals surface area contributed by atoms with E-state index in [2.05, 4.69) is 20.2 Å². The molecular formula is C12H18N4O2. The van der Waals surface area contributed by atoms with Crippen LogP contribution in [0.4, 0.5) is 5.82 Å². The normalized spacial score (nSPS) is 27.1. The molecule has 1 aromatic heterocycles. The standard InChI is InChI=1S/C12H18N4O2/c1-18-10-11(14-7-15-12(10)17)16-4-2-3-8-5-13-6-9(8)16/h7-9,13H,2-6H2,1H3,(H,14,15,17). The molecule has 0 amide bonds. The van der Waals surface area contributed by atoms with Crippen LogP contribution in [0, 0.1) is 5.92 Å². The number of nitrogens with zero attached hydrogens (tertiary/aromatic N) is 2. The molecule has 3 heterocycles. The highest BCUT2D eigenvalue weighted by atomic mass is 16.5. The molecule has 2 fully saturated rings. The third-order valence-electron chi connectivity index (χ3n) is 3.95. The van der Waals surface area contributed by atoms with E-state index < -0.39 is 0 Å². The second-order valence-corrected chi connectivity index (χ2v) is 4.91. The fraction of sp³-hybridized carbons (Fsp3) is 0.667. The summed E-state index contributed by atoms with van der Waals surface area (Å²) in [4.78, 5) is 20.8. The smallest absolute Gasteiger partial charge is 0.295 e. The lowest BCUT2D eigenvalue weighted by Gasteiger charge is -2.38. The molecule has 2 unspecified atom stereocenters. The van der Waals surface area contributed by atoms with Crippen molar-refractivity contribution >= 4 is 5.82 Å². The van der Waals surface area contributed by atoms with E-state index in [1.54, 1.807) is 0 Å². The molecule has 3 rings (SSSR count). The van der Waals surface area contributed by atoms with Gasteiger partial charge >= 0.3 is 0 Å². The number of fused-ring (bicyclic) bond motifs is 1. The highest BCUT2D eigenvalue weighted by Crippen LogP contribution is 2.32. The monoisotopic (exact) mass is 250 g/mol. The molecule has 6 heteroatoms. The van der Waals surface area contributed by atoms with Crippen molar-refractivity contribution in [2.45, 2.75) is 18.9 Å². The van der Waals surface area contributed by atoms with Crippen molar-refractivity contribution in [1.29, 1.82) is 0 Å². The molecule has 0 radical (unpaired) electrons. The highest BCUT2D eigenvalue weighted by molar-refractivity contribution is 5.52. The third kappa shape index (κ3) is 1.77. The summed E-state index contributed by atoms with van der Waals surface area (Å²) in [6, 6.07) is 0.432. The van der Waals surface area contributed by atoms with Crippen molar-refractivity contribution in [2.24, 2.45) is 5.92 Å². The topological polar surface area (TPSA) is 70.2 Å². The van der Waals surface area contributed by atoms with E-state index in [4.69, 9.17) is 4.74 Å². The summed E-state index contributed by atoms with van der Waals surface area (Å²) in [6.45, 7) is 2.96. The average molecular weight is 250 g/mol. The Bertz CT molecular complexity index is 487. The molecule has 0 aliphatic carbocycles. The van der Waals surface area contributed by atoms with E-state index in [-0.39, 0.29) is 5.56 Å². The molecule has 18 heavy (non-hydrogen) atoms. The largest absolute Gasteiger partial charge is 0.489 e. The van der Waals surface area contributed by atoms with Crippen LogP contribution in [0.15, 0.2) is 11.1 Å². The van der Waals surface area contributed by atoms with Gasteiger partial charge in [-0.05, 0) is 18.8 Å². The lowest BCUT2D eigenvalue weighted by molar-refractivity contribution is 0.368. The van der Waals surface area contributed by atoms with Crippen LogP contribution in [0.3, 0.4) is 0 Å². The maximum atomic E-state index is 11.7. The maximum absolute atomic E-state index is 11.7. The van der Waals surface area contributed by atoms with E-state index in [0.717, 1.165) is 26.1 Å². The van der Waals surface area contributed by atoms with Crippen molar-refractivity contribution in [1.82, 2.24) is 15.3 Å². The minimum absolute atomic E-state index is 0.212. The van der Waals surface area contributed by atoms with E-state index in [9.17, 15) is 4.79 Å². The number of ether oxygens (including phenoxy) is 1. The van der Waals surface area contributed by atoms with Gasteiger partial charge in [0.2, 0.25) is 5.75 Å². The minimum atomic E-state index is -0.212. The van der Waals surface area contributed by atoms with Gasteiger partial charge in [-0.1, -0.05) is 0 Å². The molecule has 0 spiro atoms. The molecule has 2 N–H and O–H groups in total. The van der Waals surface area contributed by atoms with E-state index in [1.807, 2.05) is 0 Å². The summed E-state index contributed by atoms with van der Waals surface area (Å²) in [6.07, 6.45) is 3.84. The number of anilines is 1. The van der Waals surface area contributed by atoms with Gasteiger partial charge in [-0.2, -0.15) is 0 Å². The predicted octanol–water partition coefficient (Wildman–Crippen LogP) is -0.0333. The second kappa shape index (κ2) is 4.61. The van der Waals surface area contributed by atoms with Gasteiger partial charge in [0.15, 0.2) is 5.82 Å². The van der Waals surface area contributed by atoms with E-state index in [1.165, 1.54) is 19.9 Å². The molecule has 0 bridgehead atoms. The molecule has 98 valence electrons. The summed E-state index contributed by atoms with van der Waals surface area (Å²) < 4.78 is 5.21. The first kappa shape index (κ1) is 11.5. The van der Waals surface area contributed by atoms with Gasteiger partial charge in [0.1, 0.15) is 0 Å². The molecule has 2 aliphatic heterocycles. The van der Waals surface area contributed by atoms with Crippen LogP contribution in [0.25, 0.3) is 0 Å². The van der Waals surface area contributed by atoms with Gasteiger partial charge in [-0.3, -0.25) is 4.79 Å². The number of nitrogens with one attached hydrogen (secondary N) is 2. The van der Waals surface area contributed by atoms with Crippen LogP contribution in [0.5, 0.6) is 5.75 Å². The summed E-state index contributed by atoms with van der Waals surface area (Å²) in [5.41, 5.74) is -0.212. The lowest BCUT2D eigenvalue weighted by Crippen LogP contribution is -2.46. The number of aromatic nitrogens is 2. The predicted molar refractivity (Wildman–Crippen MR) is 68.1 cm³/mol. The number of methoxy groups -OCH3 is 1. The zero-order valence-corrected chi connectivity index (χ0v) is 10.5. The van der Waals surface area contributed by atoms with Crippen LogP contribution in [-0.2, 0) is 0 Å². The lowest BCUT2D eigenvalue weighted by atomic mass is 9.92. The number of rotatable bonds is 2. The van der Waals surface area contributed by atoms with Crippen LogP contribution in [0.1, 0.15) is 12.8 Å². The molecule has 0 aromatic carbocycles. The van der Waals surface area contributed by atoms with E-state index in [0.29, 0.717) is 23.5 Å². The Morgan fingerprint density at radius 3 is 3.22 bits per heavy atom. The summed E-state index contributed by atoms with van der Waals surface area (Å²) in [7, 11) is 1.52. The fourth-order valence-electron chi connectivity index (χ4n) is 3.10. The quantitative estimate of drug-likeness (QED) is 0.771. The van der Waals surface area contributed by atoms with Crippen LogP contribution >= 0.6 is 0 Å². The number of hydrogen-bond donors (Lipinski definition) is 2. The molecule has 2 saturated heterocycles. The van der Waals surface area contributed by atoms with Crippen molar-refractivity contribution in [3.63, 3.8) is 0 Å². The zero-order chi connectivity index (χ0) is 12.5. The molecule has 6 nitrogen and oxygen atoms in total. The van der Waals surface area contributed by atoms with Gasteiger partial charge < -0.3 is 19.9 Å². The van der Waals surface area contributed by atoms with Gasteiger partial charge in [-0.25, -0.2) is 4.98 Å². The molecular weight excluding hydrogens is 232 g/mol. The average Bonchev–Trinajstić information content (AvgIpc) is 2.86. The Morgan fingerprint density at radius 2 is 2.39 bits per heavy atom. The zero-order valence-electron chi connectivity index (χ0n) is 10.5. The van der Waals surface area contributed by atoms with Crippen molar-refractivity contribution in [3.8, 4) is 5.75 Å². The SMILES string of the molecule is COc1c(N2CCCC3CNCC32)nc[nH]c1=O. The molecule has 2 atom stereocenters. The first-order chi connectivity index (χ1) is 8.81. The van der Waals surface area contributed by atoms with Gasteiger partial charge in [0, 0.05) is 25.7 Å². The maximum Gasteiger partial charge on any atom is 0.295 e. The van der Waals surface area contributed by atoms with E-state index >= 15 is 0 Å². The van der Waals surface area contributed by atoms with Gasteiger partial charge in [0.05, 0.1) is 13.4 Å².